The minimum atomic E-state index is 0.518. The molecule has 2 nitrogen and oxygen atoms in total. The van der Waals surface area contributed by atoms with Crippen molar-refractivity contribution < 1.29 is 0 Å². The first-order valence-corrected chi connectivity index (χ1v) is 5.58. The number of rotatable bonds is 2. The molecule has 78 valence electrons. The van der Waals surface area contributed by atoms with Gasteiger partial charge in [0.25, 0.3) is 0 Å². The van der Waals surface area contributed by atoms with Gasteiger partial charge in [0.15, 0.2) is 0 Å². The summed E-state index contributed by atoms with van der Waals surface area (Å²) in [6.45, 7) is 8.98. The third-order valence-electron chi connectivity index (χ3n) is 3.12. The lowest BCUT2D eigenvalue weighted by atomic mass is 10.0. The molecule has 2 aliphatic rings. The lowest BCUT2D eigenvalue weighted by Crippen LogP contribution is -2.22. The lowest BCUT2D eigenvalue weighted by molar-refractivity contribution is 0.638. The van der Waals surface area contributed by atoms with E-state index in [0.717, 1.165) is 13.1 Å². The van der Waals surface area contributed by atoms with Gasteiger partial charge in [-0.1, -0.05) is 32.9 Å². The van der Waals surface area contributed by atoms with E-state index in [1.807, 2.05) is 0 Å². The molecule has 0 saturated carbocycles. The van der Waals surface area contributed by atoms with Crippen LogP contribution < -0.4 is 10.6 Å². The van der Waals surface area contributed by atoms with Crippen LogP contribution in [0.1, 0.15) is 20.8 Å². The summed E-state index contributed by atoms with van der Waals surface area (Å²) in [5.41, 5.74) is 2.79. The van der Waals surface area contributed by atoms with Gasteiger partial charge < -0.3 is 10.6 Å². The Bertz CT molecular complexity index is 250. The fraction of sp³-hybridized carbons (Fsp3) is 0.667. The van der Waals surface area contributed by atoms with E-state index in [2.05, 4.69) is 43.6 Å². The molecular weight excluding hydrogens is 172 g/mol. The minimum Gasteiger partial charge on any atom is -0.387 e. The maximum absolute atomic E-state index is 3.48. The summed E-state index contributed by atoms with van der Waals surface area (Å²) in [4.78, 5) is 0. The molecule has 2 heteroatoms. The highest BCUT2D eigenvalue weighted by molar-refractivity contribution is 5.24. The number of hydrogen-bond donors (Lipinski definition) is 2. The van der Waals surface area contributed by atoms with Gasteiger partial charge in [0, 0.05) is 30.4 Å². The molecular formula is C12H20N2. The first-order chi connectivity index (χ1) is 6.66. The van der Waals surface area contributed by atoms with Gasteiger partial charge in [0.2, 0.25) is 0 Å². The smallest absolute Gasteiger partial charge is 0.0350 e. The van der Waals surface area contributed by atoms with Crippen molar-refractivity contribution in [1.29, 1.82) is 0 Å². The maximum Gasteiger partial charge on any atom is 0.0350 e. The quantitative estimate of drug-likeness (QED) is 0.698. The molecule has 2 unspecified atom stereocenters. The van der Waals surface area contributed by atoms with Crippen LogP contribution in [0.4, 0.5) is 0 Å². The Morgan fingerprint density at radius 2 is 1.50 bits per heavy atom. The van der Waals surface area contributed by atoms with E-state index >= 15 is 0 Å². The zero-order chi connectivity index (χ0) is 10.1. The second-order valence-corrected chi connectivity index (χ2v) is 4.68. The molecule has 2 heterocycles. The van der Waals surface area contributed by atoms with Crippen LogP contribution in [-0.4, -0.2) is 13.1 Å². The van der Waals surface area contributed by atoms with Gasteiger partial charge in [0.05, 0.1) is 0 Å². The topological polar surface area (TPSA) is 24.1 Å². The average Bonchev–Trinajstić information content (AvgIpc) is 2.73. The summed E-state index contributed by atoms with van der Waals surface area (Å²) in [5.74, 6) is 1.89. The van der Waals surface area contributed by atoms with Gasteiger partial charge >= 0.3 is 0 Å². The van der Waals surface area contributed by atoms with Crippen LogP contribution in [0.15, 0.2) is 23.5 Å². The molecule has 0 aromatic rings. The summed E-state index contributed by atoms with van der Waals surface area (Å²) in [6.07, 6.45) is 4.71. The van der Waals surface area contributed by atoms with Gasteiger partial charge in [0.1, 0.15) is 0 Å². The largest absolute Gasteiger partial charge is 0.387 e. The van der Waals surface area contributed by atoms with Crippen LogP contribution in [0.5, 0.6) is 0 Å². The molecule has 2 atom stereocenters. The first kappa shape index (κ1) is 9.63. The van der Waals surface area contributed by atoms with Crippen molar-refractivity contribution in [3.63, 3.8) is 0 Å². The van der Waals surface area contributed by atoms with E-state index in [0.29, 0.717) is 17.8 Å². The third-order valence-corrected chi connectivity index (χ3v) is 3.12. The molecule has 0 aliphatic carbocycles. The van der Waals surface area contributed by atoms with Gasteiger partial charge in [-0.05, 0) is 11.8 Å². The van der Waals surface area contributed by atoms with Gasteiger partial charge in [-0.2, -0.15) is 0 Å². The molecule has 0 bridgehead atoms. The molecule has 0 saturated heterocycles. The van der Waals surface area contributed by atoms with Crippen molar-refractivity contribution in [2.24, 2.45) is 17.8 Å². The van der Waals surface area contributed by atoms with Crippen molar-refractivity contribution in [3.05, 3.63) is 23.5 Å². The Hall–Kier alpha value is -0.920. The predicted molar refractivity (Wildman–Crippen MR) is 59.7 cm³/mol. The highest BCUT2D eigenvalue weighted by Crippen LogP contribution is 2.25. The van der Waals surface area contributed by atoms with Crippen molar-refractivity contribution in [2.45, 2.75) is 20.8 Å². The second kappa shape index (κ2) is 3.68. The van der Waals surface area contributed by atoms with Crippen molar-refractivity contribution in [3.8, 4) is 0 Å². The first-order valence-electron chi connectivity index (χ1n) is 5.58. The summed E-state index contributed by atoms with van der Waals surface area (Å²) in [6, 6.07) is 0. The van der Waals surface area contributed by atoms with Crippen molar-refractivity contribution in [2.75, 3.05) is 13.1 Å². The second-order valence-electron chi connectivity index (χ2n) is 4.68. The molecule has 0 amide bonds. The highest BCUT2D eigenvalue weighted by Gasteiger charge is 2.22. The van der Waals surface area contributed by atoms with Crippen LogP contribution in [-0.2, 0) is 0 Å². The maximum atomic E-state index is 3.48. The monoisotopic (exact) mass is 192 g/mol. The number of nitrogens with one attached hydrogen (secondary N) is 2. The van der Waals surface area contributed by atoms with E-state index in [4.69, 9.17) is 0 Å². The molecule has 0 aromatic heterocycles. The normalized spacial score (nSPS) is 33.1. The molecule has 0 spiro atoms. The van der Waals surface area contributed by atoms with Crippen LogP contribution in [0, 0.1) is 17.8 Å². The van der Waals surface area contributed by atoms with Gasteiger partial charge in [-0.3, -0.25) is 0 Å². The zero-order valence-electron chi connectivity index (χ0n) is 9.30. The van der Waals surface area contributed by atoms with E-state index in [9.17, 15) is 0 Å². The Morgan fingerprint density at radius 1 is 1.07 bits per heavy atom. The number of hydrogen-bond acceptors (Lipinski definition) is 2. The van der Waals surface area contributed by atoms with E-state index in [1.54, 1.807) is 0 Å². The standard InChI is InChI=1S/C12H20N2/c1-8-4-11(13-6-8)10(3)12-5-9(2)7-14-12/h4-5,8-10,13-14H,6-7H2,1-3H3. The molecule has 2 N–H and O–H groups in total. The molecule has 0 radical (unpaired) electrons. The van der Waals surface area contributed by atoms with Crippen LogP contribution in [0.2, 0.25) is 0 Å². The van der Waals surface area contributed by atoms with Crippen LogP contribution >= 0.6 is 0 Å². The Balaban J connectivity index is 2.05. The molecule has 2 rings (SSSR count). The Morgan fingerprint density at radius 3 is 1.79 bits per heavy atom. The third kappa shape index (κ3) is 1.79. The molecule has 0 fully saturated rings. The molecule has 2 aliphatic heterocycles. The molecule has 14 heavy (non-hydrogen) atoms. The lowest BCUT2D eigenvalue weighted by Gasteiger charge is -2.15. The minimum absolute atomic E-state index is 0.518. The van der Waals surface area contributed by atoms with Crippen LogP contribution in [0.25, 0.3) is 0 Å². The van der Waals surface area contributed by atoms with E-state index in [-0.39, 0.29) is 0 Å². The summed E-state index contributed by atoms with van der Waals surface area (Å²) >= 11 is 0. The Labute approximate surface area is 86.5 Å². The van der Waals surface area contributed by atoms with Gasteiger partial charge in [-0.25, -0.2) is 0 Å². The summed E-state index contributed by atoms with van der Waals surface area (Å²) in [7, 11) is 0. The van der Waals surface area contributed by atoms with Crippen LogP contribution in [0.3, 0.4) is 0 Å². The van der Waals surface area contributed by atoms with Crippen molar-refractivity contribution in [1.82, 2.24) is 10.6 Å². The SMILES string of the molecule is CC1C=C(C(C)C2=CC(C)CN2)NC1. The van der Waals surface area contributed by atoms with Gasteiger partial charge in [-0.15, -0.1) is 0 Å². The fourth-order valence-electron chi connectivity index (χ4n) is 2.17. The fourth-order valence-corrected chi connectivity index (χ4v) is 2.17. The average molecular weight is 192 g/mol. The Kier molecular flexibility index (Phi) is 2.53. The molecule has 0 aromatic carbocycles. The summed E-state index contributed by atoms with van der Waals surface area (Å²) in [5, 5.41) is 6.96. The highest BCUT2D eigenvalue weighted by atomic mass is 15.0. The predicted octanol–water partition coefficient (Wildman–Crippen LogP) is 1.87. The van der Waals surface area contributed by atoms with Crippen molar-refractivity contribution >= 4 is 0 Å². The van der Waals surface area contributed by atoms with E-state index < -0.39 is 0 Å². The summed E-state index contributed by atoms with van der Waals surface area (Å²) < 4.78 is 0. The zero-order valence-corrected chi connectivity index (χ0v) is 9.30. The van der Waals surface area contributed by atoms with E-state index in [1.165, 1.54) is 11.4 Å².